The molecule has 2 aromatic rings. The van der Waals surface area contributed by atoms with Crippen LogP contribution in [0.25, 0.3) is 10.4 Å². The van der Waals surface area contributed by atoms with E-state index in [2.05, 4.69) is 24.4 Å². The van der Waals surface area contributed by atoms with Gasteiger partial charge in [-0.1, -0.05) is 23.8 Å². The van der Waals surface area contributed by atoms with Crippen molar-refractivity contribution in [1.82, 2.24) is 0 Å². The van der Waals surface area contributed by atoms with Crippen molar-refractivity contribution in [2.75, 3.05) is 5.32 Å². The number of fused-ring (bicyclic) bond motifs is 3. The number of carbonyl (C=O) groups is 2. The Hall–Kier alpha value is -2.34. The van der Waals surface area contributed by atoms with Crippen LogP contribution in [0.4, 0.5) is 9.80 Å². The van der Waals surface area contributed by atoms with Crippen molar-refractivity contribution in [1.29, 1.82) is 0 Å². The highest BCUT2D eigenvalue weighted by Gasteiger charge is 2.27. The molecule has 108 valence electrons. The Balaban J connectivity index is 2.21. The molecule has 3 rings (SSSR count). The lowest BCUT2D eigenvalue weighted by Crippen LogP contribution is -2.22. The molecule has 1 aliphatic carbocycles. The van der Waals surface area contributed by atoms with E-state index in [1.165, 1.54) is 22.5 Å². The number of benzene rings is 1. The summed E-state index contributed by atoms with van der Waals surface area (Å²) in [5, 5.41) is 2.95. The quantitative estimate of drug-likeness (QED) is 0.793. The van der Waals surface area contributed by atoms with Crippen molar-refractivity contribution in [2.45, 2.75) is 19.8 Å². The van der Waals surface area contributed by atoms with E-state index in [1.807, 2.05) is 6.07 Å². The molecule has 0 bridgehead atoms. The Morgan fingerprint density at radius 3 is 2.67 bits per heavy atom. The maximum absolute atomic E-state index is 11.7. The largest absolute Gasteiger partial charge is 0.365 e. The topological polar surface area (TPSA) is 98.2 Å². The molecule has 0 saturated heterocycles. The normalized spacial score (nSPS) is 12.4. The van der Waals surface area contributed by atoms with Crippen molar-refractivity contribution in [2.24, 2.45) is 11.5 Å². The highest BCUT2D eigenvalue weighted by molar-refractivity contribution is 7.20. The van der Waals surface area contributed by atoms with Crippen LogP contribution in [0.2, 0.25) is 0 Å². The van der Waals surface area contributed by atoms with Crippen molar-refractivity contribution in [3.8, 4) is 10.4 Å². The van der Waals surface area contributed by atoms with E-state index in [0.29, 0.717) is 10.6 Å². The third-order valence-corrected chi connectivity index (χ3v) is 4.82. The molecule has 1 heterocycles. The third-order valence-electron chi connectivity index (χ3n) is 3.64. The van der Waals surface area contributed by atoms with Crippen LogP contribution in [0.15, 0.2) is 18.2 Å². The number of urea groups is 1. The van der Waals surface area contributed by atoms with Gasteiger partial charge in [-0.2, -0.15) is 0 Å². The number of thiophene rings is 1. The lowest BCUT2D eigenvalue weighted by atomic mass is 9.88. The summed E-state index contributed by atoms with van der Waals surface area (Å²) in [5.74, 6) is -0.535. The summed E-state index contributed by atoms with van der Waals surface area (Å²) in [6.45, 7) is 2.05. The van der Waals surface area contributed by atoms with Gasteiger partial charge < -0.3 is 11.5 Å². The van der Waals surface area contributed by atoms with Crippen LogP contribution in [-0.4, -0.2) is 11.9 Å². The molecule has 3 amide bonds. The van der Waals surface area contributed by atoms with E-state index in [4.69, 9.17) is 11.5 Å². The van der Waals surface area contributed by atoms with Crippen molar-refractivity contribution in [3.05, 3.63) is 40.5 Å². The average molecular weight is 301 g/mol. The second kappa shape index (κ2) is 4.89. The number of hydrogen-bond acceptors (Lipinski definition) is 3. The van der Waals surface area contributed by atoms with E-state index < -0.39 is 11.9 Å². The van der Waals surface area contributed by atoms with Gasteiger partial charge in [-0.05, 0) is 36.5 Å². The molecule has 1 aliphatic rings. The molecular formula is C15H15N3O2S. The van der Waals surface area contributed by atoms with Crippen LogP contribution in [0.1, 0.15) is 27.0 Å². The Morgan fingerprint density at radius 1 is 1.24 bits per heavy atom. The van der Waals surface area contributed by atoms with Gasteiger partial charge in [0.1, 0.15) is 5.00 Å². The van der Waals surface area contributed by atoms with Gasteiger partial charge in [0, 0.05) is 4.88 Å². The second-order valence-corrected chi connectivity index (χ2v) is 6.15. The molecule has 5 N–H and O–H groups in total. The van der Waals surface area contributed by atoms with Gasteiger partial charge in [-0.25, -0.2) is 4.79 Å². The molecule has 5 nitrogen and oxygen atoms in total. The van der Waals surface area contributed by atoms with Crippen molar-refractivity contribution >= 4 is 28.3 Å². The van der Waals surface area contributed by atoms with Crippen LogP contribution < -0.4 is 16.8 Å². The van der Waals surface area contributed by atoms with Crippen LogP contribution in [-0.2, 0) is 12.8 Å². The Bertz CT molecular complexity index is 765. The predicted molar refractivity (Wildman–Crippen MR) is 83.6 cm³/mol. The summed E-state index contributed by atoms with van der Waals surface area (Å²) in [4.78, 5) is 23.8. The molecule has 1 aromatic carbocycles. The Kier molecular flexibility index (Phi) is 3.17. The molecule has 0 atom stereocenters. The third kappa shape index (κ3) is 2.27. The van der Waals surface area contributed by atoms with E-state index in [0.717, 1.165) is 28.8 Å². The number of primary amides is 2. The Morgan fingerprint density at radius 2 is 2.00 bits per heavy atom. The van der Waals surface area contributed by atoms with Gasteiger partial charge in [0.05, 0.1) is 5.56 Å². The fourth-order valence-corrected chi connectivity index (χ4v) is 4.11. The van der Waals surface area contributed by atoms with Gasteiger partial charge in [0.2, 0.25) is 0 Å². The van der Waals surface area contributed by atoms with E-state index in [1.54, 1.807) is 0 Å². The number of anilines is 1. The molecule has 21 heavy (non-hydrogen) atoms. The first-order chi connectivity index (χ1) is 9.97. The summed E-state index contributed by atoms with van der Waals surface area (Å²) in [5.41, 5.74) is 15.5. The number of nitrogens with one attached hydrogen (secondary N) is 1. The van der Waals surface area contributed by atoms with E-state index in [-0.39, 0.29) is 0 Å². The van der Waals surface area contributed by atoms with Crippen molar-refractivity contribution in [3.63, 3.8) is 0 Å². The molecule has 0 fully saturated rings. The lowest BCUT2D eigenvalue weighted by Gasteiger charge is -2.17. The zero-order valence-corrected chi connectivity index (χ0v) is 12.3. The second-order valence-electron chi connectivity index (χ2n) is 5.13. The SMILES string of the molecule is Cc1ccc2c(c1)CCc1c-2sc(NC(N)=O)c1C(N)=O. The number of hydrogen-bond donors (Lipinski definition) is 3. The molecule has 0 spiro atoms. The van der Waals surface area contributed by atoms with Gasteiger partial charge in [0.25, 0.3) is 5.91 Å². The highest BCUT2D eigenvalue weighted by Crippen LogP contribution is 2.45. The van der Waals surface area contributed by atoms with Gasteiger partial charge in [-0.3, -0.25) is 10.1 Å². The zero-order valence-electron chi connectivity index (χ0n) is 11.5. The highest BCUT2D eigenvalue weighted by atomic mass is 32.1. The average Bonchev–Trinajstić information content (AvgIpc) is 2.75. The fourth-order valence-electron chi connectivity index (χ4n) is 2.79. The number of rotatable bonds is 2. The first-order valence-corrected chi connectivity index (χ1v) is 7.41. The molecular weight excluding hydrogens is 286 g/mol. The molecule has 0 unspecified atom stereocenters. The summed E-state index contributed by atoms with van der Waals surface area (Å²) < 4.78 is 0. The lowest BCUT2D eigenvalue weighted by molar-refractivity contribution is 0.100. The maximum atomic E-state index is 11.7. The number of aryl methyl sites for hydroxylation is 2. The van der Waals surface area contributed by atoms with Gasteiger partial charge in [-0.15, -0.1) is 11.3 Å². The summed E-state index contributed by atoms with van der Waals surface area (Å²) >= 11 is 1.35. The fraction of sp³-hybridized carbons (Fsp3) is 0.200. The maximum Gasteiger partial charge on any atom is 0.317 e. The molecule has 0 radical (unpaired) electrons. The monoisotopic (exact) mass is 301 g/mol. The van der Waals surface area contributed by atoms with Gasteiger partial charge >= 0.3 is 6.03 Å². The summed E-state index contributed by atoms with van der Waals surface area (Å²) in [6, 6.07) is 5.56. The minimum atomic E-state index is -0.694. The zero-order chi connectivity index (χ0) is 15.1. The van der Waals surface area contributed by atoms with Gasteiger partial charge in [0.15, 0.2) is 0 Å². The standard InChI is InChI=1S/C15H15N3O2S/c1-7-2-4-9-8(6-7)3-5-10-11(13(16)19)14(18-15(17)20)21-12(9)10/h2,4,6H,3,5H2,1H3,(H2,16,19)(H3,17,18,20). The molecule has 0 saturated carbocycles. The van der Waals surface area contributed by atoms with Crippen LogP contribution in [0.5, 0.6) is 0 Å². The molecule has 6 heteroatoms. The number of nitrogens with two attached hydrogens (primary N) is 2. The molecule has 0 aliphatic heterocycles. The van der Waals surface area contributed by atoms with Crippen LogP contribution in [0.3, 0.4) is 0 Å². The smallest absolute Gasteiger partial charge is 0.317 e. The van der Waals surface area contributed by atoms with Crippen LogP contribution in [0, 0.1) is 6.92 Å². The first kappa shape index (κ1) is 13.6. The number of amides is 3. The van der Waals surface area contributed by atoms with E-state index >= 15 is 0 Å². The minimum Gasteiger partial charge on any atom is -0.365 e. The van der Waals surface area contributed by atoms with E-state index in [9.17, 15) is 9.59 Å². The predicted octanol–water partition coefficient (Wildman–Crippen LogP) is 2.41. The number of carbonyl (C=O) groups excluding carboxylic acids is 2. The summed E-state index contributed by atoms with van der Waals surface area (Å²) in [7, 11) is 0. The minimum absolute atomic E-state index is 0.389. The molecule has 1 aromatic heterocycles. The summed E-state index contributed by atoms with van der Waals surface area (Å²) in [6.07, 6.45) is 1.60. The Labute approximate surface area is 126 Å². The first-order valence-electron chi connectivity index (χ1n) is 6.59. The van der Waals surface area contributed by atoms with Crippen molar-refractivity contribution < 1.29 is 9.59 Å². The van der Waals surface area contributed by atoms with Crippen LogP contribution >= 0.6 is 11.3 Å².